The Balaban J connectivity index is 2.24. The molecule has 0 saturated carbocycles. The molecule has 0 bridgehead atoms. The van der Waals surface area contributed by atoms with Crippen LogP contribution in [0.2, 0.25) is 0 Å². The molecule has 6 heteroatoms. The van der Waals surface area contributed by atoms with Gasteiger partial charge in [-0.25, -0.2) is 0 Å². The maximum Gasteiger partial charge on any atom is 0.251 e. The number of ether oxygens (including phenoxy) is 3. The van der Waals surface area contributed by atoms with Crippen LogP contribution in [-0.2, 0) is 6.54 Å². The Morgan fingerprint density at radius 3 is 2.19 bits per heavy atom. The van der Waals surface area contributed by atoms with Crippen LogP contribution in [0.1, 0.15) is 42.3 Å². The summed E-state index contributed by atoms with van der Waals surface area (Å²) in [5.41, 5.74) is 1.82. The predicted molar refractivity (Wildman–Crippen MR) is 102 cm³/mol. The molecule has 1 amide bonds. The number of carbonyl (C=O) groups is 1. The van der Waals surface area contributed by atoms with Crippen LogP contribution in [0.3, 0.4) is 0 Å². The van der Waals surface area contributed by atoms with Crippen molar-refractivity contribution in [2.75, 3.05) is 19.8 Å². The van der Waals surface area contributed by atoms with Crippen molar-refractivity contribution in [3.8, 4) is 23.3 Å². The minimum Gasteiger partial charge on any atom is -0.490 e. The molecule has 0 aliphatic heterocycles. The summed E-state index contributed by atoms with van der Waals surface area (Å²) in [7, 11) is 0. The van der Waals surface area contributed by atoms with Gasteiger partial charge in [-0.2, -0.15) is 5.26 Å². The molecule has 1 N–H and O–H groups in total. The number of carbonyl (C=O) groups excluding carboxylic acids is 1. The van der Waals surface area contributed by atoms with E-state index in [4.69, 9.17) is 19.5 Å². The van der Waals surface area contributed by atoms with Crippen molar-refractivity contribution in [3.63, 3.8) is 0 Å². The molecule has 0 aromatic heterocycles. The summed E-state index contributed by atoms with van der Waals surface area (Å²) in [6.45, 7) is 7.27. The normalized spacial score (nSPS) is 10.0. The van der Waals surface area contributed by atoms with E-state index in [0.717, 1.165) is 5.56 Å². The molecule has 0 aliphatic carbocycles. The molecule has 0 atom stereocenters. The quantitative estimate of drug-likeness (QED) is 0.730. The second kappa shape index (κ2) is 10.1. The lowest BCUT2D eigenvalue weighted by Gasteiger charge is -2.17. The smallest absolute Gasteiger partial charge is 0.251 e. The van der Waals surface area contributed by atoms with Gasteiger partial charge in [0.25, 0.3) is 5.91 Å². The molecule has 2 rings (SSSR count). The molecule has 6 nitrogen and oxygen atoms in total. The number of amides is 1. The van der Waals surface area contributed by atoms with Gasteiger partial charge >= 0.3 is 0 Å². The minimum absolute atomic E-state index is 0.262. The molecule has 2 aromatic rings. The Morgan fingerprint density at radius 1 is 1.00 bits per heavy atom. The highest BCUT2D eigenvalue weighted by Gasteiger charge is 2.18. The van der Waals surface area contributed by atoms with E-state index in [1.807, 2.05) is 26.8 Å². The average molecular weight is 368 g/mol. The molecule has 0 spiro atoms. The average Bonchev–Trinajstić information content (AvgIpc) is 2.68. The number of nitrogens with one attached hydrogen (secondary N) is 1. The summed E-state index contributed by atoms with van der Waals surface area (Å²) in [4.78, 5) is 12.6. The van der Waals surface area contributed by atoms with Gasteiger partial charge in [0.2, 0.25) is 5.75 Å². The van der Waals surface area contributed by atoms with Crippen molar-refractivity contribution in [3.05, 3.63) is 53.1 Å². The fourth-order valence-corrected chi connectivity index (χ4v) is 2.56. The summed E-state index contributed by atoms with van der Waals surface area (Å²) in [6, 6.07) is 12.5. The van der Waals surface area contributed by atoms with Gasteiger partial charge in [0.1, 0.15) is 0 Å². The molecule has 0 saturated heterocycles. The van der Waals surface area contributed by atoms with Crippen molar-refractivity contribution in [2.45, 2.75) is 27.3 Å². The summed E-state index contributed by atoms with van der Waals surface area (Å²) in [5.74, 6) is 1.19. The van der Waals surface area contributed by atoms with Crippen LogP contribution in [0.5, 0.6) is 17.2 Å². The van der Waals surface area contributed by atoms with Gasteiger partial charge in [0.05, 0.1) is 31.5 Å². The first-order chi connectivity index (χ1) is 13.1. The lowest BCUT2D eigenvalue weighted by molar-refractivity contribution is 0.0949. The van der Waals surface area contributed by atoms with E-state index in [2.05, 4.69) is 11.4 Å². The minimum atomic E-state index is -0.262. The highest BCUT2D eigenvalue weighted by atomic mass is 16.5. The van der Waals surface area contributed by atoms with E-state index >= 15 is 0 Å². The topological polar surface area (TPSA) is 80.6 Å². The predicted octanol–water partition coefficient (Wildman–Crippen LogP) is 3.68. The standard InChI is InChI=1S/C21H24N2O4/c1-4-25-18-11-17(12-19(26-5-2)20(18)27-6-3)21(24)23-14-16-9-7-8-15(10-16)13-22/h7-12H,4-6,14H2,1-3H3,(H,23,24). The number of rotatable bonds is 9. The third kappa shape index (κ3) is 5.38. The SMILES string of the molecule is CCOc1cc(C(=O)NCc2cccc(C#N)c2)cc(OCC)c1OCC. The first-order valence-corrected chi connectivity index (χ1v) is 8.96. The van der Waals surface area contributed by atoms with Crippen LogP contribution in [-0.4, -0.2) is 25.7 Å². The third-order valence-corrected chi connectivity index (χ3v) is 3.68. The molecular weight excluding hydrogens is 344 g/mol. The lowest BCUT2D eigenvalue weighted by atomic mass is 10.1. The summed E-state index contributed by atoms with van der Waals surface area (Å²) >= 11 is 0. The van der Waals surface area contributed by atoms with Crippen LogP contribution in [0, 0.1) is 11.3 Å². The largest absolute Gasteiger partial charge is 0.490 e. The van der Waals surface area contributed by atoms with Gasteiger partial charge in [-0.3, -0.25) is 4.79 Å². The van der Waals surface area contributed by atoms with E-state index in [1.54, 1.807) is 30.3 Å². The molecule has 0 unspecified atom stereocenters. The summed E-state index contributed by atoms with van der Waals surface area (Å²) in [6.07, 6.45) is 0. The van der Waals surface area contributed by atoms with Crippen molar-refractivity contribution >= 4 is 5.91 Å². The van der Waals surface area contributed by atoms with Crippen molar-refractivity contribution in [1.82, 2.24) is 5.32 Å². The van der Waals surface area contributed by atoms with Crippen molar-refractivity contribution in [1.29, 1.82) is 5.26 Å². The van der Waals surface area contributed by atoms with Crippen molar-refractivity contribution in [2.24, 2.45) is 0 Å². The van der Waals surface area contributed by atoms with Gasteiger partial charge in [-0.15, -0.1) is 0 Å². The zero-order valence-corrected chi connectivity index (χ0v) is 15.9. The van der Waals surface area contributed by atoms with Crippen LogP contribution in [0.25, 0.3) is 0 Å². The summed E-state index contributed by atoms with van der Waals surface area (Å²) < 4.78 is 16.9. The summed E-state index contributed by atoms with van der Waals surface area (Å²) in [5, 5.41) is 11.8. The Hall–Kier alpha value is -3.20. The van der Waals surface area contributed by atoms with E-state index in [1.165, 1.54) is 0 Å². The number of nitriles is 1. The molecule has 0 heterocycles. The van der Waals surface area contributed by atoms with Crippen LogP contribution >= 0.6 is 0 Å². The van der Waals surface area contributed by atoms with Crippen LogP contribution in [0.4, 0.5) is 0 Å². The van der Waals surface area contributed by atoms with Gasteiger partial charge < -0.3 is 19.5 Å². The van der Waals surface area contributed by atoms with E-state index in [0.29, 0.717) is 54.7 Å². The number of hydrogen-bond donors (Lipinski definition) is 1. The van der Waals surface area contributed by atoms with E-state index in [9.17, 15) is 4.79 Å². The van der Waals surface area contributed by atoms with Crippen LogP contribution in [0.15, 0.2) is 36.4 Å². The molecule has 0 radical (unpaired) electrons. The van der Waals surface area contributed by atoms with Gasteiger partial charge in [0, 0.05) is 12.1 Å². The maximum absolute atomic E-state index is 12.6. The number of hydrogen-bond acceptors (Lipinski definition) is 5. The maximum atomic E-state index is 12.6. The molecule has 0 fully saturated rings. The Kier molecular flexibility index (Phi) is 7.50. The monoisotopic (exact) mass is 368 g/mol. The first-order valence-electron chi connectivity index (χ1n) is 8.96. The van der Waals surface area contributed by atoms with Gasteiger partial charge in [-0.05, 0) is 50.6 Å². The Bertz CT molecular complexity index is 800. The van der Waals surface area contributed by atoms with Gasteiger partial charge in [0.15, 0.2) is 11.5 Å². The first kappa shape index (κ1) is 20.1. The Labute approximate surface area is 159 Å². The molecule has 0 aliphatic rings. The molecule has 2 aromatic carbocycles. The van der Waals surface area contributed by atoms with Crippen LogP contribution < -0.4 is 19.5 Å². The molecular formula is C21H24N2O4. The molecule has 142 valence electrons. The molecule has 27 heavy (non-hydrogen) atoms. The Morgan fingerprint density at radius 2 is 1.63 bits per heavy atom. The van der Waals surface area contributed by atoms with E-state index < -0.39 is 0 Å². The van der Waals surface area contributed by atoms with Gasteiger partial charge in [-0.1, -0.05) is 12.1 Å². The number of nitrogens with zero attached hydrogens (tertiary/aromatic N) is 1. The highest BCUT2D eigenvalue weighted by Crippen LogP contribution is 2.39. The zero-order valence-electron chi connectivity index (χ0n) is 15.9. The zero-order chi connectivity index (χ0) is 19.6. The van der Waals surface area contributed by atoms with E-state index in [-0.39, 0.29) is 5.91 Å². The number of benzene rings is 2. The highest BCUT2D eigenvalue weighted by molar-refractivity contribution is 5.95. The lowest BCUT2D eigenvalue weighted by Crippen LogP contribution is -2.23. The fourth-order valence-electron chi connectivity index (χ4n) is 2.56. The second-order valence-electron chi connectivity index (χ2n) is 5.60. The second-order valence-corrected chi connectivity index (χ2v) is 5.60. The van der Waals surface area contributed by atoms with Crippen molar-refractivity contribution < 1.29 is 19.0 Å². The third-order valence-electron chi connectivity index (χ3n) is 3.68. The fraction of sp³-hybridized carbons (Fsp3) is 0.333.